The molecule has 31 heavy (non-hydrogen) atoms. The predicted octanol–water partition coefficient (Wildman–Crippen LogP) is 3.40. The number of benzene rings is 2. The van der Waals surface area contributed by atoms with Crippen LogP contribution in [0.2, 0.25) is 0 Å². The molecule has 3 aromatic rings. The maximum Gasteiger partial charge on any atom is 0.237 e. The first kappa shape index (κ1) is 26.5. The van der Waals surface area contributed by atoms with Crippen molar-refractivity contribution in [3.63, 3.8) is 0 Å². The van der Waals surface area contributed by atoms with Crippen molar-refractivity contribution >= 4 is 30.7 Å². The highest BCUT2D eigenvalue weighted by atomic mass is 35.5. The fraction of sp³-hybridized carbons (Fsp3) is 0.304. The second kappa shape index (κ2) is 13.7. The number of carbonyl (C=O) groups excluding carboxylic acids is 1. The molecule has 1 atom stereocenters. The van der Waals surface area contributed by atoms with Gasteiger partial charge in [-0.05, 0) is 36.1 Å². The van der Waals surface area contributed by atoms with Gasteiger partial charge in [0.25, 0.3) is 0 Å². The van der Waals surface area contributed by atoms with Gasteiger partial charge in [0.2, 0.25) is 5.91 Å². The number of ether oxygens (including phenoxy) is 1. The summed E-state index contributed by atoms with van der Waals surface area (Å²) in [6.45, 7) is 1.34. The van der Waals surface area contributed by atoms with Crippen LogP contribution in [0.4, 0.5) is 0 Å². The third-order valence-corrected chi connectivity index (χ3v) is 4.74. The zero-order valence-corrected chi connectivity index (χ0v) is 19.2. The number of imidazole rings is 1. The molecular formula is C23H30Cl2N4O2. The lowest BCUT2D eigenvalue weighted by molar-refractivity contribution is -0.122. The number of rotatable bonds is 10. The van der Waals surface area contributed by atoms with E-state index in [2.05, 4.69) is 28.5 Å². The van der Waals surface area contributed by atoms with Crippen molar-refractivity contribution in [3.05, 3.63) is 83.9 Å². The first-order valence-electron chi connectivity index (χ1n) is 9.85. The Bertz CT molecular complexity index is 919. The molecule has 0 aliphatic carbocycles. The molecule has 168 valence electrons. The first-order valence-corrected chi connectivity index (χ1v) is 9.85. The summed E-state index contributed by atoms with van der Waals surface area (Å²) in [7, 11) is 1.66. The van der Waals surface area contributed by atoms with Gasteiger partial charge in [-0.2, -0.15) is 0 Å². The van der Waals surface area contributed by atoms with Crippen LogP contribution in [0.25, 0.3) is 0 Å². The van der Waals surface area contributed by atoms with E-state index in [-0.39, 0.29) is 30.7 Å². The van der Waals surface area contributed by atoms with E-state index in [1.165, 1.54) is 11.1 Å². The number of aryl methyl sites for hydroxylation is 1. The fourth-order valence-electron chi connectivity index (χ4n) is 3.17. The molecule has 0 radical (unpaired) electrons. The average Bonchev–Trinajstić information content (AvgIpc) is 3.18. The minimum absolute atomic E-state index is 0. The molecule has 8 heteroatoms. The van der Waals surface area contributed by atoms with Gasteiger partial charge in [-0.1, -0.05) is 42.5 Å². The van der Waals surface area contributed by atoms with Crippen LogP contribution in [-0.4, -0.2) is 35.2 Å². The topological polar surface area (TPSA) is 82.2 Å². The minimum Gasteiger partial charge on any atom is -0.497 e. The number of carbonyl (C=O) groups is 1. The Balaban J connectivity index is 0.00000240. The van der Waals surface area contributed by atoms with E-state index in [0.29, 0.717) is 13.0 Å². The lowest BCUT2D eigenvalue weighted by Gasteiger charge is -2.11. The van der Waals surface area contributed by atoms with Crippen molar-refractivity contribution in [2.75, 3.05) is 13.7 Å². The molecule has 0 aliphatic rings. The third kappa shape index (κ3) is 8.61. The zero-order valence-electron chi connectivity index (χ0n) is 17.6. The van der Waals surface area contributed by atoms with Gasteiger partial charge in [-0.3, -0.25) is 4.79 Å². The lowest BCUT2D eigenvalue weighted by Crippen LogP contribution is -2.42. The van der Waals surface area contributed by atoms with Gasteiger partial charge in [-0.15, -0.1) is 24.8 Å². The molecule has 0 spiro atoms. The quantitative estimate of drug-likeness (QED) is 0.450. The highest BCUT2D eigenvalue weighted by molar-refractivity contribution is 5.85. The van der Waals surface area contributed by atoms with Crippen LogP contribution < -0.4 is 15.8 Å². The molecule has 1 heterocycles. The van der Waals surface area contributed by atoms with E-state index in [0.717, 1.165) is 30.8 Å². The molecule has 1 amide bonds. The smallest absolute Gasteiger partial charge is 0.237 e. The summed E-state index contributed by atoms with van der Waals surface area (Å²) in [6.07, 6.45) is 5.86. The van der Waals surface area contributed by atoms with Gasteiger partial charge in [0.05, 0.1) is 25.2 Å². The van der Waals surface area contributed by atoms with Crippen molar-refractivity contribution in [3.8, 4) is 5.75 Å². The third-order valence-electron chi connectivity index (χ3n) is 4.74. The number of aromatic nitrogens is 2. The number of hydrogen-bond donors (Lipinski definition) is 2. The van der Waals surface area contributed by atoms with Crippen molar-refractivity contribution in [1.29, 1.82) is 0 Å². The first-order chi connectivity index (χ1) is 14.1. The molecule has 2 aromatic carbocycles. The molecule has 0 unspecified atom stereocenters. The Morgan fingerprint density at radius 3 is 2.61 bits per heavy atom. The second-order valence-corrected chi connectivity index (χ2v) is 7.08. The van der Waals surface area contributed by atoms with E-state index < -0.39 is 6.04 Å². The van der Waals surface area contributed by atoms with Gasteiger partial charge < -0.3 is 20.4 Å². The average molecular weight is 465 g/mol. The fourth-order valence-corrected chi connectivity index (χ4v) is 3.17. The normalized spacial score (nSPS) is 11.0. The summed E-state index contributed by atoms with van der Waals surface area (Å²) < 4.78 is 7.23. The Morgan fingerprint density at radius 1 is 1.13 bits per heavy atom. The van der Waals surface area contributed by atoms with Gasteiger partial charge in [0, 0.05) is 25.7 Å². The maximum absolute atomic E-state index is 12.3. The number of halogens is 2. The van der Waals surface area contributed by atoms with E-state index in [4.69, 9.17) is 10.5 Å². The van der Waals surface area contributed by atoms with Crippen molar-refractivity contribution < 1.29 is 9.53 Å². The molecule has 6 nitrogen and oxygen atoms in total. The van der Waals surface area contributed by atoms with E-state index in [9.17, 15) is 4.79 Å². The van der Waals surface area contributed by atoms with E-state index in [1.54, 1.807) is 13.4 Å². The molecule has 0 fully saturated rings. The minimum atomic E-state index is -0.605. The summed E-state index contributed by atoms with van der Waals surface area (Å²) >= 11 is 0. The van der Waals surface area contributed by atoms with Crippen LogP contribution >= 0.6 is 24.8 Å². The molecule has 0 aliphatic heterocycles. The molecule has 1 aromatic heterocycles. The summed E-state index contributed by atoms with van der Waals surface area (Å²) in [4.78, 5) is 16.6. The zero-order chi connectivity index (χ0) is 20.5. The number of nitrogens with zero attached hydrogens (tertiary/aromatic N) is 2. The molecule has 3 rings (SSSR count). The summed E-state index contributed by atoms with van der Waals surface area (Å²) in [5, 5.41) is 2.92. The van der Waals surface area contributed by atoms with E-state index >= 15 is 0 Å². The Kier molecular flexibility index (Phi) is 11.7. The number of nitrogens with one attached hydrogen (secondary N) is 1. The Labute approximate surface area is 196 Å². The van der Waals surface area contributed by atoms with Crippen LogP contribution in [-0.2, 0) is 24.2 Å². The van der Waals surface area contributed by atoms with Gasteiger partial charge in [-0.25, -0.2) is 4.98 Å². The number of nitrogens with two attached hydrogens (primary N) is 1. The van der Waals surface area contributed by atoms with Crippen LogP contribution in [0.5, 0.6) is 5.75 Å². The van der Waals surface area contributed by atoms with Gasteiger partial charge in [0.1, 0.15) is 5.75 Å². The molecular weight excluding hydrogens is 435 g/mol. The highest BCUT2D eigenvalue weighted by Gasteiger charge is 2.15. The summed E-state index contributed by atoms with van der Waals surface area (Å²) in [5.74, 6) is 0.702. The van der Waals surface area contributed by atoms with Crippen LogP contribution in [0.15, 0.2) is 67.1 Å². The Hall–Kier alpha value is -2.54. The standard InChI is InChI=1S/C23H28N4O2.2ClH/c1-29-21-11-5-9-18(13-21)10-6-12-25-23(28)22(24)14-20-16-27(17-26-20)15-19-7-3-2-4-8-19;;/h2-5,7-9,11,13,16-17,22H,6,10,12,14-15,24H2,1H3,(H,25,28);2*1H/t22-;;/m0../s1. The number of amides is 1. The summed E-state index contributed by atoms with van der Waals surface area (Å²) in [5.41, 5.74) is 9.27. The molecule has 0 saturated heterocycles. The lowest BCUT2D eigenvalue weighted by atomic mass is 10.1. The second-order valence-electron chi connectivity index (χ2n) is 7.08. The van der Waals surface area contributed by atoms with E-state index in [1.807, 2.05) is 47.2 Å². The number of methoxy groups -OCH3 is 1. The maximum atomic E-state index is 12.3. The van der Waals surface area contributed by atoms with Crippen molar-refractivity contribution in [1.82, 2.24) is 14.9 Å². The van der Waals surface area contributed by atoms with Crippen LogP contribution in [0.1, 0.15) is 23.2 Å². The molecule has 3 N–H and O–H groups in total. The van der Waals surface area contributed by atoms with Crippen molar-refractivity contribution in [2.45, 2.75) is 31.8 Å². The van der Waals surface area contributed by atoms with Gasteiger partial charge in [0.15, 0.2) is 0 Å². The molecule has 0 bridgehead atoms. The number of hydrogen-bond acceptors (Lipinski definition) is 4. The summed E-state index contributed by atoms with van der Waals surface area (Å²) in [6, 6.07) is 17.5. The molecule has 0 saturated carbocycles. The predicted molar refractivity (Wildman–Crippen MR) is 128 cm³/mol. The van der Waals surface area contributed by atoms with Gasteiger partial charge >= 0.3 is 0 Å². The monoisotopic (exact) mass is 464 g/mol. The van der Waals surface area contributed by atoms with Crippen molar-refractivity contribution in [2.24, 2.45) is 5.73 Å². The largest absolute Gasteiger partial charge is 0.497 e. The SMILES string of the molecule is COc1cccc(CCCNC(=O)[C@@H](N)Cc2cn(Cc3ccccc3)cn2)c1.Cl.Cl. The Morgan fingerprint density at radius 2 is 1.87 bits per heavy atom. The van der Waals surface area contributed by atoms with Crippen LogP contribution in [0, 0.1) is 0 Å². The van der Waals surface area contributed by atoms with Crippen LogP contribution in [0.3, 0.4) is 0 Å². The highest BCUT2D eigenvalue weighted by Crippen LogP contribution is 2.13.